The standard InChI is InChI=1S/C13H9F3N2OS/c14-13(15,16)19-11-3-1-2-10(5-11)18-7-12-4-9(6-17)8-20-12/h1-5,8,18H,7H2. The van der Waals surface area contributed by atoms with Crippen molar-refractivity contribution in [1.29, 1.82) is 5.26 Å². The monoisotopic (exact) mass is 298 g/mol. The lowest BCUT2D eigenvalue weighted by Gasteiger charge is -2.10. The van der Waals surface area contributed by atoms with E-state index in [0.717, 1.165) is 4.88 Å². The molecule has 2 aromatic rings. The van der Waals surface area contributed by atoms with E-state index in [1.807, 2.05) is 6.07 Å². The fraction of sp³-hybridized carbons (Fsp3) is 0.154. The van der Waals surface area contributed by atoms with E-state index in [9.17, 15) is 13.2 Å². The summed E-state index contributed by atoms with van der Waals surface area (Å²) in [5.41, 5.74) is 1.08. The Labute approximate surface area is 117 Å². The van der Waals surface area contributed by atoms with E-state index in [0.29, 0.717) is 17.8 Å². The third-order valence-electron chi connectivity index (χ3n) is 2.32. The number of alkyl halides is 3. The molecule has 0 spiro atoms. The first kappa shape index (κ1) is 14.2. The van der Waals surface area contributed by atoms with Crippen molar-refractivity contribution in [3.63, 3.8) is 0 Å². The van der Waals surface area contributed by atoms with Gasteiger partial charge in [-0.3, -0.25) is 0 Å². The quantitative estimate of drug-likeness (QED) is 0.923. The van der Waals surface area contributed by atoms with Crippen LogP contribution in [0.2, 0.25) is 0 Å². The van der Waals surface area contributed by atoms with Crippen molar-refractivity contribution in [2.75, 3.05) is 5.32 Å². The molecule has 1 heterocycles. The fourth-order valence-corrected chi connectivity index (χ4v) is 2.27. The molecule has 1 aromatic carbocycles. The molecule has 1 aromatic heterocycles. The Balaban J connectivity index is 1.99. The Morgan fingerprint density at radius 1 is 1.30 bits per heavy atom. The van der Waals surface area contributed by atoms with Crippen molar-refractivity contribution in [3.05, 3.63) is 46.2 Å². The van der Waals surface area contributed by atoms with E-state index in [1.165, 1.54) is 29.5 Å². The SMILES string of the molecule is N#Cc1csc(CNc2cccc(OC(F)(F)F)c2)c1. The predicted molar refractivity (Wildman–Crippen MR) is 69.5 cm³/mol. The van der Waals surface area contributed by atoms with E-state index >= 15 is 0 Å². The number of hydrogen-bond acceptors (Lipinski definition) is 4. The summed E-state index contributed by atoms with van der Waals surface area (Å²) in [6, 6.07) is 9.36. The Hall–Kier alpha value is -2.20. The van der Waals surface area contributed by atoms with Gasteiger partial charge in [-0.15, -0.1) is 24.5 Å². The predicted octanol–water partition coefficient (Wildman–Crippen LogP) is 4.13. The Kier molecular flexibility index (Phi) is 4.15. The summed E-state index contributed by atoms with van der Waals surface area (Å²) in [7, 11) is 0. The lowest BCUT2D eigenvalue weighted by atomic mass is 10.3. The third kappa shape index (κ3) is 4.17. The van der Waals surface area contributed by atoms with Gasteiger partial charge < -0.3 is 10.1 Å². The van der Waals surface area contributed by atoms with Crippen LogP contribution in [0.25, 0.3) is 0 Å². The molecular weight excluding hydrogens is 289 g/mol. The zero-order chi connectivity index (χ0) is 14.6. The first-order chi connectivity index (χ1) is 9.46. The molecule has 0 bridgehead atoms. The molecular formula is C13H9F3N2OS. The number of hydrogen-bond donors (Lipinski definition) is 1. The normalized spacial score (nSPS) is 10.9. The molecule has 0 fully saturated rings. The summed E-state index contributed by atoms with van der Waals surface area (Å²) in [4.78, 5) is 0.920. The number of thiophene rings is 1. The molecule has 3 nitrogen and oxygen atoms in total. The zero-order valence-corrected chi connectivity index (χ0v) is 10.9. The third-order valence-corrected chi connectivity index (χ3v) is 3.25. The minimum absolute atomic E-state index is 0.272. The van der Waals surface area contributed by atoms with Crippen molar-refractivity contribution in [3.8, 4) is 11.8 Å². The summed E-state index contributed by atoms with van der Waals surface area (Å²) in [6.45, 7) is 0.432. The Bertz CT molecular complexity index is 631. The van der Waals surface area contributed by atoms with Crippen LogP contribution in [0.5, 0.6) is 5.75 Å². The van der Waals surface area contributed by atoms with Crippen LogP contribution in [-0.4, -0.2) is 6.36 Å². The zero-order valence-electron chi connectivity index (χ0n) is 10.1. The second-order valence-corrected chi connectivity index (χ2v) is 4.84. The van der Waals surface area contributed by atoms with Crippen LogP contribution in [0.3, 0.4) is 0 Å². The number of nitrogens with one attached hydrogen (secondary N) is 1. The van der Waals surface area contributed by atoms with Gasteiger partial charge in [0.25, 0.3) is 0 Å². The van der Waals surface area contributed by atoms with Crippen LogP contribution in [0.15, 0.2) is 35.7 Å². The van der Waals surface area contributed by atoms with Crippen molar-refractivity contribution in [1.82, 2.24) is 0 Å². The van der Waals surface area contributed by atoms with E-state index < -0.39 is 6.36 Å². The molecule has 0 saturated carbocycles. The van der Waals surface area contributed by atoms with Gasteiger partial charge in [-0.25, -0.2) is 0 Å². The summed E-state index contributed by atoms with van der Waals surface area (Å²) >= 11 is 1.41. The maximum absolute atomic E-state index is 12.1. The van der Waals surface area contributed by atoms with E-state index in [2.05, 4.69) is 10.1 Å². The van der Waals surface area contributed by atoms with Crippen molar-refractivity contribution >= 4 is 17.0 Å². The van der Waals surface area contributed by atoms with Gasteiger partial charge >= 0.3 is 6.36 Å². The topological polar surface area (TPSA) is 45.0 Å². The van der Waals surface area contributed by atoms with Crippen molar-refractivity contribution in [2.24, 2.45) is 0 Å². The van der Waals surface area contributed by atoms with Crippen LogP contribution in [0, 0.1) is 11.3 Å². The van der Waals surface area contributed by atoms with Gasteiger partial charge in [0.15, 0.2) is 0 Å². The van der Waals surface area contributed by atoms with Gasteiger partial charge in [0.05, 0.1) is 5.56 Å². The van der Waals surface area contributed by atoms with Gasteiger partial charge in [0.1, 0.15) is 11.8 Å². The van der Waals surface area contributed by atoms with E-state index in [-0.39, 0.29) is 5.75 Å². The van der Waals surface area contributed by atoms with Crippen molar-refractivity contribution in [2.45, 2.75) is 12.9 Å². The van der Waals surface area contributed by atoms with Gasteiger partial charge in [0.2, 0.25) is 0 Å². The van der Waals surface area contributed by atoms with E-state index in [4.69, 9.17) is 5.26 Å². The van der Waals surface area contributed by atoms with Crippen molar-refractivity contribution < 1.29 is 17.9 Å². The summed E-state index contributed by atoms with van der Waals surface area (Å²) < 4.78 is 40.1. The van der Waals surface area contributed by atoms with Gasteiger partial charge in [-0.2, -0.15) is 5.26 Å². The number of anilines is 1. The van der Waals surface area contributed by atoms with Crippen LogP contribution in [0.1, 0.15) is 10.4 Å². The highest BCUT2D eigenvalue weighted by molar-refractivity contribution is 7.10. The molecule has 0 aliphatic carbocycles. The first-order valence-corrected chi connectivity index (χ1v) is 6.41. The average Bonchev–Trinajstić information content (AvgIpc) is 2.83. The fourth-order valence-electron chi connectivity index (χ4n) is 1.52. The smallest absolute Gasteiger partial charge is 0.406 e. The molecule has 104 valence electrons. The molecule has 1 N–H and O–H groups in total. The molecule has 0 aliphatic heterocycles. The highest BCUT2D eigenvalue weighted by Crippen LogP contribution is 2.25. The first-order valence-electron chi connectivity index (χ1n) is 5.53. The maximum Gasteiger partial charge on any atom is 0.573 e. The number of benzene rings is 1. The van der Waals surface area contributed by atoms with Gasteiger partial charge in [-0.05, 0) is 18.2 Å². The number of nitrogens with zero attached hydrogens (tertiary/aromatic N) is 1. The minimum Gasteiger partial charge on any atom is -0.406 e. The van der Waals surface area contributed by atoms with Crippen LogP contribution >= 0.6 is 11.3 Å². The second-order valence-electron chi connectivity index (χ2n) is 3.84. The molecule has 2 rings (SSSR count). The van der Waals surface area contributed by atoms with Crippen LogP contribution in [0.4, 0.5) is 18.9 Å². The summed E-state index contributed by atoms with van der Waals surface area (Å²) in [5, 5.41) is 13.4. The second kappa shape index (κ2) is 5.84. The minimum atomic E-state index is -4.70. The summed E-state index contributed by atoms with van der Waals surface area (Å²) in [5.74, 6) is -0.272. The number of ether oxygens (including phenoxy) is 1. The van der Waals surface area contributed by atoms with Crippen LogP contribution in [-0.2, 0) is 6.54 Å². The molecule has 0 amide bonds. The highest BCUT2D eigenvalue weighted by atomic mass is 32.1. The largest absolute Gasteiger partial charge is 0.573 e. The molecule has 0 radical (unpaired) electrons. The molecule has 0 unspecified atom stereocenters. The van der Waals surface area contributed by atoms with E-state index in [1.54, 1.807) is 17.5 Å². The maximum atomic E-state index is 12.1. The lowest BCUT2D eigenvalue weighted by Crippen LogP contribution is -2.17. The summed E-state index contributed by atoms with van der Waals surface area (Å²) in [6.07, 6.45) is -4.70. The Morgan fingerprint density at radius 3 is 2.75 bits per heavy atom. The molecule has 0 saturated heterocycles. The molecule has 7 heteroatoms. The highest BCUT2D eigenvalue weighted by Gasteiger charge is 2.31. The van der Waals surface area contributed by atoms with Crippen LogP contribution < -0.4 is 10.1 Å². The number of nitriles is 1. The molecule has 20 heavy (non-hydrogen) atoms. The average molecular weight is 298 g/mol. The lowest BCUT2D eigenvalue weighted by molar-refractivity contribution is -0.274. The Morgan fingerprint density at radius 2 is 2.10 bits per heavy atom. The van der Waals surface area contributed by atoms with Gasteiger partial charge in [-0.1, -0.05) is 6.07 Å². The molecule has 0 atom stereocenters. The number of halogens is 3. The molecule has 0 aliphatic rings. The number of rotatable bonds is 4. The van der Waals surface area contributed by atoms with Gasteiger partial charge in [0, 0.05) is 28.6 Å².